The summed E-state index contributed by atoms with van der Waals surface area (Å²) < 4.78 is 43.1. The first-order chi connectivity index (χ1) is 8.31. The number of ether oxygens (including phenoxy) is 1. The van der Waals surface area contributed by atoms with Crippen LogP contribution in [0.1, 0.15) is 17.2 Å². The van der Waals surface area contributed by atoms with Gasteiger partial charge in [-0.1, -0.05) is 6.07 Å². The summed E-state index contributed by atoms with van der Waals surface area (Å²) >= 11 is 0. The summed E-state index contributed by atoms with van der Waals surface area (Å²) in [5.74, 6) is 0.0144. The highest BCUT2D eigenvalue weighted by molar-refractivity contribution is 5.39. The van der Waals surface area contributed by atoms with Crippen LogP contribution in [-0.4, -0.2) is 30.0 Å². The van der Waals surface area contributed by atoms with E-state index in [1.54, 1.807) is 0 Å². The average molecular weight is 265 g/mol. The molecule has 0 amide bonds. The maximum absolute atomic E-state index is 12.8. The number of nitrogens with two attached hydrogens (primary N) is 1. The Morgan fingerprint density at radius 1 is 1.33 bits per heavy atom. The monoisotopic (exact) mass is 265 g/mol. The molecule has 2 unspecified atom stereocenters. The molecule has 0 aliphatic rings. The van der Waals surface area contributed by atoms with Crippen molar-refractivity contribution >= 4 is 0 Å². The van der Waals surface area contributed by atoms with Crippen LogP contribution in [0.25, 0.3) is 0 Å². The summed E-state index contributed by atoms with van der Waals surface area (Å²) in [6.45, 7) is -0.343. The summed E-state index contributed by atoms with van der Waals surface area (Å²) in [5.41, 5.74) is 3.63. The highest BCUT2D eigenvalue weighted by Gasteiger charge is 2.36. The molecule has 0 heterocycles. The Labute approximate surface area is 102 Å². The van der Waals surface area contributed by atoms with E-state index < -0.39 is 29.5 Å². The number of hydrogen-bond acceptors (Lipinski definition) is 4. The van der Waals surface area contributed by atoms with Gasteiger partial charge in [-0.3, -0.25) is 0 Å². The Morgan fingerprint density at radius 3 is 2.39 bits per heavy atom. The molecule has 4 nitrogen and oxygen atoms in total. The second-order valence-electron chi connectivity index (χ2n) is 3.70. The van der Waals surface area contributed by atoms with Crippen molar-refractivity contribution in [2.75, 3.05) is 13.7 Å². The number of benzene rings is 1. The van der Waals surface area contributed by atoms with Gasteiger partial charge in [-0.2, -0.15) is 13.2 Å². The van der Waals surface area contributed by atoms with E-state index in [1.165, 1.54) is 13.2 Å². The molecule has 0 aliphatic carbocycles. The summed E-state index contributed by atoms with van der Waals surface area (Å²) in [4.78, 5) is 0. The van der Waals surface area contributed by atoms with E-state index in [0.717, 1.165) is 12.1 Å². The molecule has 0 fully saturated rings. The van der Waals surface area contributed by atoms with Gasteiger partial charge in [0, 0.05) is 6.54 Å². The largest absolute Gasteiger partial charge is 0.497 e. The summed E-state index contributed by atoms with van der Waals surface area (Å²) in [5, 5.41) is 18.9. The lowest BCUT2D eigenvalue weighted by Gasteiger charge is -2.21. The van der Waals surface area contributed by atoms with Gasteiger partial charge in [-0.25, -0.2) is 0 Å². The topological polar surface area (TPSA) is 75.7 Å². The lowest BCUT2D eigenvalue weighted by molar-refractivity contribution is -0.140. The van der Waals surface area contributed by atoms with Gasteiger partial charge in [0.15, 0.2) is 0 Å². The number of methoxy groups -OCH3 is 1. The minimum Gasteiger partial charge on any atom is -0.497 e. The van der Waals surface area contributed by atoms with Crippen molar-refractivity contribution in [3.05, 3.63) is 29.3 Å². The normalized spacial score (nSPS) is 15.3. The van der Waals surface area contributed by atoms with Crippen LogP contribution in [-0.2, 0) is 6.18 Å². The van der Waals surface area contributed by atoms with Gasteiger partial charge >= 0.3 is 6.18 Å². The zero-order valence-corrected chi connectivity index (χ0v) is 9.61. The molecule has 102 valence electrons. The molecule has 0 aliphatic heterocycles. The number of alkyl halides is 3. The van der Waals surface area contributed by atoms with Crippen molar-refractivity contribution in [3.63, 3.8) is 0 Å². The molecule has 18 heavy (non-hydrogen) atoms. The number of halogens is 3. The summed E-state index contributed by atoms with van der Waals surface area (Å²) in [7, 11) is 1.24. The molecule has 0 saturated heterocycles. The lowest BCUT2D eigenvalue weighted by atomic mass is 9.98. The van der Waals surface area contributed by atoms with Crippen molar-refractivity contribution in [2.24, 2.45) is 5.73 Å². The maximum Gasteiger partial charge on any atom is 0.416 e. The second kappa shape index (κ2) is 5.55. The van der Waals surface area contributed by atoms with E-state index in [2.05, 4.69) is 0 Å². The van der Waals surface area contributed by atoms with Gasteiger partial charge in [-0.05, 0) is 17.7 Å². The van der Waals surface area contributed by atoms with E-state index in [1.807, 2.05) is 0 Å². The van der Waals surface area contributed by atoms with E-state index >= 15 is 0 Å². The molecular weight excluding hydrogens is 251 g/mol. The minimum atomic E-state index is -4.65. The van der Waals surface area contributed by atoms with Crippen molar-refractivity contribution in [3.8, 4) is 5.75 Å². The molecule has 7 heteroatoms. The van der Waals surface area contributed by atoms with Crippen molar-refractivity contribution in [1.29, 1.82) is 0 Å². The van der Waals surface area contributed by atoms with E-state index in [0.29, 0.717) is 0 Å². The first-order valence-corrected chi connectivity index (χ1v) is 5.12. The van der Waals surface area contributed by atoms with Crippen LogP contribution in [0.15, 0.2) is 18.2 Å². The van der Waals surface area contributed by atoms with Crippen LogP contribution in [0.2, 0.25) is 0 Å². The molecule has 2 atom stereocenters. The van der Waals surface area contributed by atoms with Crippen LogP contribution in [0, 0.1) is 0 Å². The third-order valence-electron chi connectivity index (χ3n) is 2.49. The van der Waals surface area contributed by atoms with Crippen LogP contribution in [0.5, 0.6) is 5.75 Å². The highest BCUT2D eigenvalue weighted by atomic mass is 19.4. The molecule has 0 spiro atoms. The standard InChI is InChI=1S/C11H14F3NO3/c1-18-6-2-3-7(10(17)9(16)5-15)8(4-6)11(12,13)14/h2-4,9-10,16-17H,5,15H2,1H3. The molecule has 4 N–H and O–H groups in total. The molecule has 0 radical (unpaired) electrons. The number of rotatable bonds is 4. The number of hydrogen-bond donors (Lipinski definition) is 3. The molecule has 1 rings (SSSR count). The fraction of sp³-hybridized carbons (Fsp3) is 0.455. The smallest absolute Gasteiger partial charge is 0.416 e. The first kappa shape index (κ1) is 14.7. The number of aliphatic hydroxyl groups excluding tert-OH is 2. The third-order valence-corrected chi connectivity index (χ3v) is 2.49. The van der Waals surface area contributed by atoms with Crippen LogP contribution in [0.3, 0.4) is 0 Å². The summed E-state index contributed by atoms with van der Waals surface area (Å²) in [6.07, 6.45) is -7.81. The van der Waals surface area contributed by atoms with E-state index in [-0.39, 0.29) is 12.3 Å². The highest BCUT2D eigenvalue weighted by Crippen LogP contribution is 2.37. The fourth-order valence-corrected chi connectivity index (χ4v) is 1.50. The van der Waals surface area contributed by atoms with Crippen molar-refractivity contribution in [1.82, 2.24) is 0 Å². The quantitative estimate of drug-likeness (QED) is 0.761. The average Bonchev–Trinajstić information content (AvgIpc) is 2.35. The Kier molecular flexibility index (Phi) is 4.55. The molecule has 1 aromatic rings. The van der Waals surface area contributed by atoms with E-state index in [4.69, 9.17) is 10.5 Å². The van der Waals surface area contributed by atoms with Gasteiger partial charge in [0.05, 0.1) is 18.8 Å². The second-order valence-corrected chi connectivity index (χ2v) is 3.70. The van der Waals surface area contributed by atoms with Gasteiger partial charge in [0.25, 0.3) is 0 Å². The predicted octanol–water partition coefficient (Wildman–Crippen LogP) is 1.07. The Balaban J connectivity index is 3.26. The Hall–Kier alpha value is -1.31. The molecule has 1 aromatic carbocycles. The van der Waals surface area contributed by atoms with Gasteiger partial charge in [-0.15, -0.1) is 0 Å². The molecule has 0 saturated carbocycles. The Bertz CT molecular complexity index is 409. The van der Waals surface area contributed by atoms with Crippen molar-refractivity contribution < 1.29 is 28.1 Å². The number of aliphatic hydroxyl groups is 2. The van der Waals surface area contributed by atoms with Crippen LogP contribution >= 0.6 is 0 Å². The SMILES string of the molecule is COc1ccc(C(O)C(O)CN)c(C(F)(F)F)c1. The maximum atomic E-state index is 12.8. The predicted molar refractivity (Wildman–Crippen MR) is 58.0 cm³/mol. The van der Waals surface area contributed by atoms with Gasteiger partial charge in [0.2, 0.25) is 0 Å². The molecule has 0 aromatic heterocycles. The zero-order chi connectivity index (χ0) is 13.9. The first-order valence-electron chi connectivity index (χ1n) is 5.12. The van der Waals surface area contributed by atoms with Gasteiger partial charge in [0.1, 0.15) is 11.9 Å². The minimum absolute atomic E-state index is 0.0144. The van der Waals surface area contributed by atoms with Crippen molar-refractivity contribution in [2.45, 2.75) is 18.4 Å². The van der Waals surface area contributed by atoms with Gasteiger partial charge < -0.3 is 20.7 Å². The lowest BCUT2D eigenvalue weighted by Crippen LogP contribution is -2.28. The van der Waals surface area contributed by atoms with E-state index in [9.17, 15) is 23.4 Å². The van der Waals surface area contributed by atoms with Crippen LogP contribution in [0.4, 0.5) is 13.2 Å². The molecule has 0 bridgehead atoms. The summed E-state index contributed by atoms with van der Waals surface area (Å²) in [6, 6.07) is 3.10. The molecular formula is C11H14F3NO3. The third kappa shape index (κ3) is 3.12. The fourth-order valence-electron chi connectivity index (χ4n) is 1.50. The van der Waals surface area contributed by atoms with Crippen LogP contribution < -0.4 is 10.5 Å². The Morgan fingerprint density at radius 2 is 1.94 bits per heavy atom. The zero-order valence-electron chi connectivity index (χ0n) is 9.61.